The van der Waals surface area contributed by atoms with Gasteiger partial charge in [0.05, 0.1) is 0 Å². The summed E-state index contributed by atoms with van der Waals surface area (Å²) in [6, 6.07) is 40.3. The van der Waals surface area contributed by atoms with Crippen LogP contribution in [0.4, 0.5) is 0 Å². The molecule has 1 nitrogen and oxygen atoms in total. The molecule has 32 heavy (non-hydrogen) atoms. The molecule has 0 atom stereocenters. The van der Waals surface area contributed by atoms with E-state index in [9.17, 15) is 0 Å². The fourth-order valence-corrected chi connectivity index (χ4v) is 5.00. The average molecular weight is 475 g/mol. The molecule has 5 aromatic carbocycles. The number of benzene rings is 5. The second-order valence-electron chi connectivity index (χ2n) is 7.92. The monoisotopic (exact) mass is 474 g/mol. The van der Waals surface area contributed by atoms with Crippen molar-refractivity contribution in [2.24, 2.45) is 0 Å². The Morgan fingerprint density at radius 2 is 1.16 bits per heavy atom. The summed E-state index contributed by atoms with van der Waals surface area (Å²) in [4.78, 5) is 0. The highest BCUT2D eigenvalue weighted by Gasteiger charge is 2.13. The highest BCUT2D eigenvalue weighted by atomic mass is 79.9. The molecule has 152 valence electrons. The van der Waals surface area contributed by atoms with E-state index in [4.69, 9.17) is 4.42 Å². The van der Waals surface area contributed by atoms with Crippen LogP contribution in [0, 0.1) is 0 Å². The Bertz CT molecular complexity index is 1580. The molecule has 0 fully saturated rings. The lowest BCUT2D eigenvalue weighted by Gasteiger charge is -2.10. The topological polar surface area (TPSA) is 13.1 Å². The third kappa shape index (κ3) is 3.24. The summed E-state index contributed by atoms with van der Waals surface area (Å²) in [5, 5.41) is 2.30. The predicted octanol–water partition coefficient (Wildman–Crippen LogP) is 9.35. The number of para-hydroxylation sites is 2. The lowest BCUT2D eigenvalue weighted by Crippen LogP contribution is -1.85. The first kappa shape index (κ1) is 19.1. The zero-order valence-electron chi connectivity index (χ0n) is 17.3. The highest BCUT2D eigenvalue weighted by Crippen LogP contribution is 2.38. The lowest BCUT2D eigenvalue weighted by molar-refractivity contribution is 0.670. The molecular weight excluding hydrogens is 456 g/mol. The molecule has 0 spiro atoms. The van der Waals surface area contributed by atoms with Gasteiger partial charge in [-0.1, -0.05) is 113 Å². The van der Waals surface area contributed by atoms with Crippen molar-refractivity contribution in [1.29, 1.82) is 0 Å². The van der Waals surface area contributed by atoms with Gasteiger partial charge in [0.1, 0.15) is 11.2 Å². The number of furan rings is 1. The van der Waals surface area contributed by atoms with Crippen molar-refractivity contribution < 1.29 is 4.42 Å². The van der Waals surface area contributed by atoms with E-state index in [2.05, 4.69) is 113 Å². The molecule has 0 saturated heterocycles. The molecule has 0 aliphatic heterocycles. The number of halogens is 1. The van der Waals surface area contributed by atoms with Crippen LogP contribution in [0.15, 0.2) is 124 Å². The Labute approximate surface area is 195 Å². The van der Waals surface area contributed by atoms with Crippen LogP contribution in [0.2, 0.25) is 0 Å². The molecule has 0 bridgehead atoms. The van der Waals surface area contributed by atoms with Crippen LogP contribution in [0.1, 0.15) is 0 Å². The standard InChI is InChI=1S/C30H19BrO/c31-28-19-21(20-8-2-1-3-9-20)16-17-24(28)22-10-6-11-23(18-22)25-13-7-14-27-26-12-4-5-15-29(26)32-30(25)27/h1-19H. The van der Waals surface area contributed by atoms with Crippen LogP contribution in [-0.2, 0) is 0 Å². The zero-order valence-corrected chi connectivity index (χ0v) is 18.8. The lowest BCUT2D eigenvalue weighted by atomic mass is 9.96. The fourth-order valence-electron chi connectivity index (χ4n) is 4.39. The Balaban J connectivity index is 1.46. The number of rotatable bonds is 3. The SMILES string of the molecule is Brc1cc(-c2ccccc2)ccc1-c1cccc(-c2cccc3c2oc2ccccc23)c1. The van der Waals surface area contributed by atoms with Crippen LogP contribution in [-0.4, -0.2) is 0 Å². The average Bonchev–Trinajstić information content (AvgIpc) is 3.23. The van der Waals surface area contributed by atoms with Gasteiger partial charge in [-0.05, 0) is 46.0 Å². The first-order chi connectivity index (χ1) is 15.8. The van der Waals surface area contributed by atoms with E-state index >= 15 is 0 Å². The van der Waals surface area contributed by atoms with Gasteiger partial charge in [0.2, 0.25) is 0 Å². The first-order valence-corrected chi connectivity index (χ1v) is 11.4. The van der Waals surface area contributed by atoms with Gasteiger partial charge in [0.15, 0.2) is 0 Å². The van der Waals surface area contributed by atoms with Crippen molar-refractivity contribution >= 4 is 37.9 Å². The minimum atomic E-state index is 0.922. The minimum Gasteiger partial charge on any atom is -0.455 e. The molecule has 0 radical (unpaired) electrons. The van der Waals surface area contributed by atoms with E-state index in [1.807, 2.05) is 18.2 Å². The normalized spacial score (nSPS) is 11.3. The Kier molecular flexibility index (Phi) is 4.66. The van der Waals surface area contributed by atoms with Crippen molar-refractivity contribution in [1.82, 2.24) is 0 Å². The molecule has 1 heterocycles. The minimum absolute atomic E-state index is 0.922. The number of fused-ring (bicyclic) bond motifs is 3. The van der Waals surface area contributed by atoms with Crippen molar-refractivity contribution in [3.8, 4) is 33.4 Å². The van der Waals surface area contributed by atoms with Crippen LogP contribution < -0.4 is 0 Å². The van der Waals surface area contributed by atoms with Crippen molar-refractivity contribution in [3.63, 3.8) is 0 Å². The van der Waals surface area contributed by atoms with Gasteiger partial charge in [0, 0.05) is 20.8 Å². The second kappa shape index (κ2) is 7.81. The fraction of sp³-hybridized carbons (Fsp3) is 0. The smallest absolute Gasteiger partial charge is 0.143 e. The summed E-state index contributed by atoms with van der Waals surface area (Å²) in [6.07, 6.45) is 0. The molecule has 6 aromatic rings. The number of hydrogen-bond acceptors (Lipinski definition) is 1. The van der Waals surface area contributed by atoms with Crippen LogP contribution >= 0.6 is 15.9 Å². The van der Waals surface area contributed by atoms with Crippen molar-refractivity contribution in [2.75, 3.05) is 0 Å². The molecule has 0 N–H and O–H groups in total. The Hall–Kier alpha value is -3.62. The van der Waals surface area contributed by atoms with Gasteiger partial charge in [-0.25, -0.2) is 0 Å². The Morgan fingerprint density at radius 3 is 2.00 bits per heavy atom. The van der Waals surface area contributed by atoms with E-state index in [1.54, 1.807) is 0 Å². The van der Waals surface area contributed by atoms with Gasteiger partial charge in [0.25, 0.3) is 0 Å². The molecule has 6 rings (SSSR count). The molecule has 0 aliphatic carbocycles. The quantitative estimate of drug-likeness (QED) is 0.249. The Morgan fingerprint density at radius 1 is 0.469 bits per heavy atom. The van der Waals surface area contributed by atoms with Gasteiger partial charge < -0.3 is 4.42 Å². The molecule has 0 amide bonds. The van der Waals surface area contributed by atoms with Gasteiger partial charge in [-0.15, -0.1) is 0 Å². The summed E-state index contributed by atoms with van der Waals surface area (Å²) in [7, 11) is 0. The van der Waals surface area contributed by atoms with Crippen molar-refractivity contribution in [2.45, 2.75) is 0 Å². The molecule has 2 heteroatoms. The maximum atomic E-state index is 6.26. The third-order valence-electron chi connectivity index (χ3n) is 5.97. The maximum Gasteiger partial charge on any atom is 0.143 e. The van der Waals surface area contributed by atoms with Gasteiger partial charge in [-0.3, -0.25) is 0 Å². The first-order valence-electron chi connectivity index (χ1n) is 10.6. The predicted molar refractivity (Wildman–Crippen MR) is 138 cm³/mol. The van der Waals surface area contributed by atoms with E-state index < -0.39 is 0 Å². The summed E-state index contributed by atoms with van der Waals surface area (Å²) in [6.45, 7) is 0. The summed E-state index contributed by atoms with van der Waals surface area (Å²) in [5.41, 5.74) is 8.86. The van der Waals surface area contributed by atoms with Crippen LogP contribution in [0.3, 0.4) is 0 Å². The molecule has 0 unspecified atom stereocenters. The maximum absolute atomic E-state index is 6.26. The van der Waals surface area contributed by atoms with Gasteiger partial charge in [-0.2, -0.15) is 0 Å². The number of hydrogen-bond donors (Lipinski definition) is 0. The molecule has 1 aromatic heterocycles. The van der Waals surface area contributed by atoms with Crippen LogP contribution in [0.5, 0.6) is 0 Å². The van der Waals surface area contributed by atoms with E-state index in [1.165, 1.54) is 22.3 Å². The summed E-state index contributed by atoms with van der Waals surface area (Å²) in [5.74, 6) is 0. The molecular formula is C30H19BrO. The van der Waals surface area contributed by atoms with Crippen molar-refractivity contribution in [3.05, 3.63) is 120 Å². The zero-order chi connectivity index (χ0) is 21.5. The molecule has 0 saturated carbocycles. The summed E-state index contributed by atoms with van der Waals surface area (Å²) < 4.78 is 7.34. The largest absolute Gasteiger partial charge is 0.455 e. The third-order valence-corrected chi connectivity index (χ3v) is 6.62. The van der Waals surface area contributed by atoms with E-state index in [0.29, 0.717) is 0 Å². The van der Waals surface area contributed by atoms with Crippen LogP contribution in [0.25, 0.3) is 55.3 Å². The summed E-state index contributed by atoms with van der Waals surface area (Å²) >= 11 is 3.81. The van der Waals surface area contributed by atoms with E-state index in [0.717, 1.165) is 37.5 Å². The van der Waals surface area contributed by atoms with Gasteiger partial charge >= 0.3 is 0 Å². The molecule has 0 aliphatic rings. The van der Waals surface area contributed by atoms with E-state index in [-0.39, 0.29) is 0 Å². The highest BCUT2D eigenvalue weighted by molar-refractivity contribution is 9.10. The second-order valence-corrected chi connectivity index (χ2v) is 8.78.